The first-order chi connectivity index (χ1) is 22.8. The standard InChI is InChI=1S/C42H23NO3/c1-4-14-31-27(9-1)41-32(20-22-38-42(41)29-11-3-6-16-34(29)45-38)43(31)24-19-21-35-30(23-24)40-26(13-8-18-37(40)46-35)25-12-7-17-36-39(25)28-10-2-5-15-33(28)44-36/h1-23H. The molecule has 0 unspecified atom stereocenters. The number of hydrogen-bond donors (Lipinski definition) is 0. The van der Waals surface area contributed by atoms with Crippen LogP contribution in [0, 0.1) is 0 Å². The highest BCUT2D eigenvalue weighted by Gasteiger charge is 2.21. The van der Waals surface area contributed by atoms with Crippen LogP contribution in [0.3, 0.4) is 0 Å². The molecule has 4 heterocycles. The van der Waals surface area contributed by atoms with Crippen molar-refractivity contribution in [1.29, 1.82) is 0 Å². The number of fused-ring (bicyclic) bond motifs is 13. The highest BCUT2D eigenvalue weighted by Crippen LogP contribution is 2.44. The second kappa shape index (κ2) is 8.68. The van der Waals surface area contributed by atoms with E-state index in [9.17, 15) is 0 Å². The van der Waals surface area contributed by atoms with Crippen LogP contribution in [0.25, 0.3) is 104 Å². The summed E-state index contributed by atoms with van der Waals surface area (Å²) >= 11 is 0. The molecule has 4 nitrogen and oxygen atoms in total. The number of aromatic nitrogens is 1. The number of hydrogen-bond acceptors (Lipinski definition) is 3. The van der Waals surface area contributed by atoms with Crippen molar-refractivity contribution >= 4 is 87.6 Å². The fraction of sp³-hybridized carbons (Fsp3) is 0. The summed E-state index contributed by atoms with van der Waals surface area (Å²) in [7, 11) is 0. The molecule has 11 aromatic rings. The molecule has 0 spiro atoms. The molecule has 46 heavy (non-hydrogen) atoms. The van der Waals surface area contributed by atoms with Crippen molar-refractivity contribution < 1.29 is 13.3 Å². The second-order valence-corrected chi connectivity index (χ2v) is 12.0. The Morgan fingerprint density at radius 1 is 0.326 bits per heavy atom. The number of para-hydroxylation sites is 3. The van der Waals surface area contributed by atoms with Gasteiger partial charge in [-0.2, -0.15) is 0 Å². The van der Waals surface area contributed by atoms with E-state index in [4.69, 9.17) is 13.3 Å². The van der Waals surface area contributed by atoms with Crippen LogP contribution in [-0.2, 0) is 0 Å². The first-order valence-electron chi connectivity index (χ1n) is 15.5. The molecule has 4 aromatic heterocycles. The molecular formula is C42H23NO3. The molecule has 7 aromatic carbocycles. The number of benzene rings is 7. The Balaban J connectivity index is 1.23. The highest BCUT2D eigenvalue weighted by atomic mass is 16.3. The molecule has 0 bridgehead atoms. The minimum atomic E-state index is 0.861. The zero-order valence-electron chi connectivity index (χ0n) is 24.5. The molecule has 11 rings (SSSR count). The number of nitrogens with zero attached hydrogens (tertiary/aromatic N) is 1. The third kappa shape index (κ3) is 3.07. The quantitative estimate of drug-likeness (QED) is 0.201. The predicted molar refractivity (Wildman–Crippen MR) is 188 cm³/mol. The van der Waals surface area contributed by atoms with E-state index in [1.54, 1.807) is 0 Å². The monoisotopic (exact) mass is 589 g/mol. The summed E-state index contributed by atoms with van der Waals surface area (Å²) in [5.74, 6) is 0. The molecule has 0 N–H and O–H groups in total. The smallest absolute Gasteiger partial charge is 0.136 e. The summed E-state index contributed by atoms with van der Waals surface area (Å²) in [6.07, 6.45) is 0. The van der Waals surface area contributed by atoms with Crippen LogP contribution in [-0.4, -0.2) is 4.57 Å². The lowest BCUT2D eigenvalue weighted by Crippen LogP contribution is -1.93. The first kappa shape index (κ1) is 24.1. The minimum Gasteiger partial charge on any atom is -0.456 e. The van der Waals surface area contributed by atoms with E-state index in [0.29, 0.717) is 0 Å². The summed E-state index contributed by atoms with van der Waals surface area (Å²) in [6, 6.07) is 48.7. The van der Waals surface area contributed by atoms with Crippen LogP contribution in [0.1, 0.15) is 0 Å². The highest BCUT2D eigenvalue weighted by molar-refractivity contribution is 6.27. The lowest BCUT2D eigenvalue weighted by molar-refractivity contribution is 0.668. The van der Waals surface area contributed by atoms with Gasteiger partial charge in [0.1, 0.15) is 33.5 Å². The summed E-state index contributed by atoms with van der Waals surface area (Å²) in [5, 5.41) is 9.10. The van der Waals surface area contributed by atoms with Crippen molar-refractivity contribution in [3.8, 4) is 16.8 Å². The van der Waals surface area contributed by atoms with Gasteiger partial charge in [0.2, 0.25) is 0 Å². The minimum absolute atomic E-state index is 0.861. The SMILES string of the molecule is c1ccc2c(c1)oc1cccc(-c3cccc4oc5ccc(-n6c7ccccc7c7c8c(ccc76)oc6ccccc68)cc5c34)c12. The van der Waals surface area contributed by atoms with Crippen molar-refractivity contribution in [3.63, 3.8) is 0 Å². The predicted octanol–water partition coefficient (Wildman–Crippen LogP) is 12.1. The van der Waals surface area contributed by atoms with Gasteiger partial charge in [-0.25, -0.2) is 0 Å². The van der Waals surface area contributed by atoms with E-state index in [-0.39, 0.29) is 0 Å². The van der Waals surface area contributed by atoms with Crippen molar-refractivity contribution in [2.24, 2.45) is 0 Å². The van der Waals surface area contributed by atoms with E-state index in [2.05, 4.69) is 114 Å². The molecule has 0 saturated heterocycles. The van der Waals surface area contributed by atoms with Gasteiger partial charge in [0.25, 0.3) is 0 Å². The van der Waals surface area contributed by atoms with Crippen LogP contribution in [0.15, 0.2) is 153 Å². The molecule has 4 heteroatoms. The van der Waals surface area contributed by atoms with E-state index in [1.807, 2.05) is 30.3 Å². The molecule has 214 valence electrons. The van der Waals surface area contributed by atoms with Gasteiger partial charge in [0, 0.05) is 48.8 Å². The summed E-state index contributed by atoms with van der Waals surface area (Å²) in [5.41, 5.74) is 10.9. The first-order valence-corrected chi connectivity index (χ1v) is 15.5. The topological polar surface area (TPSA) is 44.4 Å². The molecule has 0 saturated carbocycles. The Labute approximate surface area is 261 Å². The lowest BCUT2D eigenvalue weighted by atomic mass is 9.95. The second-order valence-electron chi connectivity index (χ2n) is 12.0. The van der Waals surface area contributed by atoms with E-state index in [0.717, 1.165) is 93.7 Å². The van der Waals surface area contributed by atoms with Crippen molar-refractivity contribution in [1.82, 2.24) is 4.57 Å². The van der Waals surface area contributed by atoms with Gasteiger partial charge in [-0.3, -0.25) is 0 Å². The van der Waals surface area contributed by atoms with Gasteiger partial charge >= 0.3 is 0 Å². The lowest BCUT2D eigenvalue weighted by Gasteiger charge is -2.09. The normalized spacial score (nSPS) is 12.3. The average molecular weight is 590 g/mol. The van der Waals surface area contributed by atoms with E-state index >= 15 is 0 Å². The maximum Gasteiger partial charge on any atom is 0.136 e. The average Bonchev–Trinajstić information content (AvgIpc) is 3.86. The van der Waals surface area contributed by atoms with Crippen molar-refractivity contribution in [2.45, 2.75) is 0 Å². The fourth-order valence-electron chi connectivity index (χ4n) is 7.73. The van der Waals surface area contributed by atoms with Crippen molar-refractivity contribution in [3.05, 3.63) is 140 Å². The van der Waals surface area contributed by atoms with Crippen LogP contribution in [0.5, 0.6) is 0 Å². The Morgan fingerprint density at radius 2 is 0.848 bits per heavy atom. The molecule has 0 radical (unpaired) electrons. The maximum absolute atomic E-state index is 6.49. The van der Waals surface area contributed by atoms with E-state index < -0.39 is 0 Å². The van der Waals surface area contributed by atoms with Gasteiger partial charge in [-0.05, 0) is 71.8 Å². The Bertz CT molecular complexity index is 3040. The summed E-state index contributed by atoms with van der Waals surface area (Å²) in [4.78, 5) is 0. The molecule has 0 aliphatic carbocycles. The van der Waals surface area contributed by atoms with Gasteiger partial charge in [-0.1, -0.05) is 78.9 Å². The summed E-state index contributed by atoms with van der Waals surface area (Å²) < 4.78 is 21.4. The Kier molecular flexibility index (Phi) is 4.55. The van der Waals surface area contributed by atoms with Crippen LogP contribution >= 0.6 is 0 Å². The van der Waals surface area contributed by atoms with Crippen molar-refractivity contribution in [2.75, 3.05) is 0 Å². The Hall–Kier alpha value is -6.26. The third-order valence-corrected chi connectivity index (χ3v) is 9.61. The van der Waals surface area contributed by atoms with Crippen LogP contribution in [0.4, 0.5) is 0 Å². The molecule has 0 atom stereocenters. The molecule has 0 aliphatic heterocycles. The Morgan fingerprint density at radius 3 is 1.57 bits per heavy atom. The molecule has 0 aliphatic rings. The van der Waals surface area contributed by atoms with E-state index in [1.165, 1.54) is 10.8 Å². The molecule has 0 amide bonds. The van der Waals surface area contributed by atoms with Gasteiger partial charge in [-0.15, -0.1) is 0 Å². The van der Waals surface area contributed by atoms with Gasteiger partial charge in [0.15, 0.2) is 0 Å². The third-order valence-electron chi connectivity index (χ3n) is 9.61. The van der Waals surface area contributed by atoms with Gasteiger partial charge in [0.05, 0.1) is 11.0 Å². The zero-order chi connectivity index (χ0) is 29.9. The summed E-state index contributed by atoms with van der Waals surface area (Å²) in [6.45, 7) is 0. The number of furan rings is 3. The van der Waals surface area contributed by atoms with Crippen LogP contribution in [0.2, 0.25) is 0 Å². The largest absolute Gasteiger partial charge is 0.456 e. The molecular weight excluding hydrogens is 566 g/mol. The number of rotatable bonds is 2. The van der Waals surface area contributed by atoms with Gasteiger partial charge < -0.3 is 17.8 Å². The fourth-order valence-corrected chi connectivity index (χ4v) is 7.73. The molecule has 0 fully saturated rings. The van der Waals surface area contributed by atoms with Crippen LogP contribution < -0.4 is 0 Å². The zero-order valence-corrected chi connectivity index (χ0v) is 24.5. The maximum atomic E-state index is 6.49.